The summed E-state index contributed by atoms with van der Waals surface area (Å²) in [6, 6.07) is 6.91. The van der Waals surface area contributed by atoms with E-state index in [4.69, 9.17) is 4.74 Å². The van der Waals surface area contributed by atoms with Gasteiger partial charge in [0, 0.05) is 5.69 Å². The van der Waals surface area contributed by atoms with Crippen LogP contribution in [0, 0.1) is 0 Å². The molecule has 22 heavy (non-hydrogen) atoms. The molecule has 0 unspecified atom stereocenters. The number of thioether (sulfide) groups is 1. The smallest absolute Gasteiger partial charge is 0.244 e. The Morgan fingerprint density at radius 1 is 1.36 bits per heavy atom. The predicted molar refractivity (Wildman–Crippen MR) is 84.9 cm³/mol. The first-order valence-electron chi connectivity index (χ1n) is 6.99. The van der Waals surface area contributed by atoms with E-state index in [2.05, 4.69) is 5.32 Å². The van der Waals surface area contributed by atoms with E-state index in [1.54, 1.807) is 31.2 Å². The van der Waals surface area contributed by atoms with Crippen molar-refractivity contribution in [3.63, 3.8) is 0 Å². The van der Waals surface area contributed by atoms with Crippen molar-refractivity contribution in [1.29, 1.82) is 0 Å². The Hall–Kier alpha value is -2.02. The molecule has 1 N–H and O–H groups in total. The topological polar surface area (TPSA) is 75.7 Å². The number of nitrogens with one attached hydrogen (secondary N) is 1. The number of rotatable bonds is 5. The fraction of sp³-hybridized carbons (Fsp3) is 0.400. The number of amides is 3. The molecule has 1 aromatic carbocycles. The monoisotopic (exact) mass is 322 g/mol. The maximum atomic E-state index is 12.0. The van der Waals surface area contributed by atoms with Crippen molar-refractivity contribution in [1.82, 2.24) is 4.90 Å². The molecule has 1 heterocycles. The first-order valence-corrected chi connectivity index (χ1v) is 8.04. The van der Waals surface area contributed by atoms with Crippen LogP contribution in [0.15, 0.2) is 24.3 Å². The van der Waals surface area contributed by atoms with Crippen LogP contribution in [0.3, 0.4) is 0 Å². The summed E-state index contributed by atoms with van der Waals surface area (Å²) in [4.78, 5) is 36.7. The average Bonchev–Trinajstić information content (AvgIpc) is 2.50. The first kappa shape index (κ1) is 16.4. The van der Waals surface area contributed by atoms with Crippen LogP contribution in [0.2, 0.25) is 0 Å². The molecule has 118 valence electrons. The number of anilines is 1. The maximum Gasteiger partial charge on any atom is 0.244 e. The van der Waals surface area contributed by atoms with E-state index < -0.39 is 5.91 Å². The van der Waals surface area contributed by atoms with Gasteiger partial charge in [-0.3, -0.25) is 19.3 Å². The summed E-state index contributed by atoms with van der Waals surface area (Å²) in [5.74, 6) is -0.0980. The van der Waals surface area contributed by atoms with Gasteiger partial charge in [0.15, 0.2) is 0 Å². The maximum absolute atomic E-state index is 12.0. The molecule has 6 nitrogen and oxygen atoms in total. The highest BCUT2D eigenvalue weighted by Gasteiger charge is 2.33. The molecule has 7 heteroatoms. The van der Waals surface area contributed by atoms with Crippen LogP contribution in [0.5, 0.6) is 5.75 Å². The SMILES string of the molecule is CCOc1ccc(NC(=O)CN2C(=O)CS[C@H](C)C2=O)cc1. The lowest BCUT2D eigenvalue weighted by Crippen LogP contribution is -2.49. The quantitative estimate of drug-likeness (QED) is 0.832. The second kappa shape index (κ2) is 7.31. The minimum Gasteiger partial charge on any atom is -0.494 e. The Balaban J connectivity index is 1.94. The third kappa shape index (κ3) is 4.00. The van der Waals surface area contributed by atoms with E-state index in [1.807, 2.05) is 6.92 Å². The van der Waals surface area contributed by atoms with Crippen molar-refractivity contribution in [3.8, 4) is 5.75 Å². The molecule has 1 saturated heterocycles. The summed E-state index contributed by atoms with van der Waals surface area (Å²) in [6.45, 7) is 3.94. The van der Waals surface area contributed by atoms with Crippen molar-refractivity contribution in [2.24, 2.45) is 0 Å². The molecule has 0 radical (unpaired) electrons. The largest absolute Gasteiger partial charge is 0.494 e. The number of nitrogens with zero attached hydrogens (tertiary/aromatic N) is 1. The van der Waals surface area contributed by atoms with Gasteiger partial charge in [-0.15, -0.1) is 11.8 Å². The standard InChI is InChI=1S/C15H18N2O4S/c1-3-21-12-6-4-11(5-7-12)16-13(18)8-17-14(19)9-22-10(2)15(17)20/h4-7,10H,3,8-9H2,1-2H3,(H,16,18)/t10-/m1/s1. The van der Waals surface area contributed by atoms with E-state index in [-0.39, 0.29) is 29.4 Å². The average molecular weight is 322 g/mol. The minimum atomic E-state index is -0.398. The third-order valence-corrected chi connectivity index (χ3v) is 4.24. The van der Waals surface area contributed by atoms with Crippen molar-refractivity contribution < 1.29 is 19.1 Å². The van der Waals surface area contributed by atoms with E-state index in [0.717, 1.165) is 4.90 Å². The van der Waals surface area contributed by atoms with E-state index in [9.17, 15) is 14.4 Å². The fourth-order valence-corrected chi connectivity index (χ4v) is 2.82. The molecule has 1 aromatic rings. The van der Waals surface area contributed by atoms with Gasteiger partial charge in [-0.1, -0.05) is 0 Å². The number of benzene rings is 1. The molecule has 0 saturated carbocycles. The Labute approximate surface area is 133 Å². The van der Waals surface area contributed by atoms with Gasteiger partial charge >= 0.3 is 0 Å². The van der Waals surface area contributed by atoms with E-state index in [1.165, 1.54) is 11.8 Å². The molecule has 0 aromatic heterocycles. The summed E-state index contributed by atoms with van der Waals surface area (Å²) >= 11 is 1.29. The highest BCUT2D eigenvalue weighted by molar-refractivity contribution is 8.01. The van der Waals surface area contributed by atoms with Crippen LogP contribution in [0.1, 0.15) is 13.8 Å². The highest BCUT2D eigenvalue weighted by atomic mass is 32.2. The number of hydrogen-bond acceptors (Lipinski definition) is 5. The van der Waals surface area contributed by atoms with Gasteiger partial charge in [0.1, 0.15) is 12.3 Å². The summed E-state index contributed by atoms with van der Waals surface area (Å²) < 4.78 is 5.31. The molecule has 2 rings (SSSR count). The van der Waals surface area contributed by atoms with Crippen LogP contribution in [-0.2, 0) is 14.4 Å². The molecule has 0 spiro atoms. The van der Waals surface area contributed by atoms with Crippen molar-refractivity contribution >= 4 is 35.2 Å². The normalized spacial score (nSPS) is 18.3. The highest BCUT2D eigenvalue weighted by Crippen LogP contribution is 2.20. The molecule has 0 aliphatic carbocycles. The number of carbonyl (C=O) groups is 3. The second-order valence-corrected chi connectivity index (χ2v) is 6.11. The van der Waals surface area contributed by atoms with Crippen molar-refractivity contribution in [2.75, 3.05) is 24.2 Å². The van der Waals surface area contributed by atoms with E-state index >= 15 is 0 Å². The predicted octanol–water partition coefficient (Wildman–Crippen LogP) is 1.51. The van der Waals surface area contributed by atoms with Gasteiger partial charge in [-0.2, -0.15) is 0 Å². The fourth-order valence-electron chi connectivity index (χ4n) is 2.00. The van der Waals surface area contributed by atoms with Gasteiger partial charge < -0.3 is 10.1 Å². The lowest BCUT2D eigenvalue weighted by Gasteiger charge is -2.27. The lowest BCUT2D eigenvalue weighted by atomic mass is 10.3. The first-order chi connectivity index (χ1) is 10.5. The molecule has 0 bridgehead atoms. The zero-order valence-electron chi connectivity index (χ0n) is 12.5. The van der Waals surface area contributed by atoms with Crippen LogP contribution < -0.4 is 10.1 Å². The lowest BCUT2D eigenvalue weighted by molar-refractivity contribution is -0.145. The van der Waals surface area contributed by atoms with Crippen LogP contribution >= 0.6 is 11.8 Å². The summed E-state index contributed by atoms with van der Waals surface area (Å²) in [5, 5.41) is 2.37. The van der Waals surface area contributed by atoms with Crippen LogP contribution in [0.4, 0.5) is 5.69 Å². The number of carbonyl (C=O) groups excluding carboxylic acids is 3. The van der Waals surface area contributed by atoms with Gasteiger partial charge in [0.25, 0.3) is 0 Å². The zero-order chi connectivity index (χ0) is 16.1. The van der Waals surface area contributed by atoms with Crippen molar-refractivity contribution in [2.45, 2.75) is 19.1 Å². The van der Waals surface area contributed by atoms with Gasteiger partial charge in [-0.05, 0) is 38.1 Å². The molecule has 1 atom stereocenters. The molecule has 1 aliphatic rings. The third-order valence-electron chi connectivity index (χ3n) is 3.12. The molecular weight excluding hydrogens is 304 g/mol. The molecule has 1 fully saturated rings. The number of hydrogen-bond donors (Lipinski definition) is 1. The Bertz CT molecular complexity index is 573. The van der Waals surface area contributed by atoms with E-state index in [0.29, 0.717) is 18.0 Å². The minimum absolute atomic E-state index is 0.225. The summed E-state index contributed by atoms with van der Waals surface area (Å²) in [5.41, 5.74) is 0.591. The van der Waals surface area contributed by atoms with Gasteiger partial charge in [0.05, 0.1) is 17.6 Å². The summed E-state index contributed by atoms with van der Waals surface area (Å²) in [7, 11) is 0. The summed E-state index contributed by atoms with van der Waals surface area (Å²) in [6.07, 6.45) is 0. The number of imide groups is 1. The molecule has 3 amide bonds. The van der Waals surface area contributed by atoms with Gasteiger partial charge in [-0.25, -0.2) is 0 Å². The molecule has 1 aliphatic heterocycles. The van der Waals surface area contributed by atoms with Gasteiger partial charge in [0.2, 0.25) is 17.7 Å². The zero-order valence-corrected chi connectivity index (χ0v) is 13.3. The second-order valence-electron chi connectivity index (χ2n) is 4.78. The Morgan fingerprint density at radius 3 is 2.68 bits per heavy atom. The number of ether oxygens (including phenoxy) is 1. The van der Waals surface area contributed by atoms with Crippen molar-refractivity contribution in [3.05, 3.63) is 24.3 Å². The molecular formula is C15H18N2O4S. The Kier molecular flexibility index (Phi) is 5.43. The van der Waals surface area contributed by atoms with Crippen LogP contribution in [-0.4, -0.2) is 46.8 Å². The Morgan fingerprint density at radius 2 is 2.05 bits per heavy atom. The van der Waals surface area contributed by atoms with Crippen LogP contribution in [0.25, 0.3) is 0 Å².